The van der Waals surface area contributed by atoms with Crippen LogP contribution in [0.3, 0.4) is 0 Å². The molecule has 1 aromatic carbocycles. The summed E-state index contributed by atoms with van der Waals surface area (Å²) in [6.45, 7) is 3.24. The lowest BCUT2D eigenvalue weighted by molar-refractivity contribution is 0.117. The minimum Gasteiger partial charge on any atom is -0.377 e. The number of urea groups is 1. The number of unbranched alkanes of at least 4 members (excludes halogenated alkanes) is 1. The first-order chi connectivity index (χ1) is 9.18. The average Bonchev–Trinajstić information content (AvgIpc) is 2.41. The predicted molar refractivity (Wildman–Crippen MR) is 75.8 cm³/mol. The number of hydrogen-bond acceptors (Lipinski definition) is 3. The monoisotopic (exact) mass is 263 g/mol. The molecule has 0 fully saturated rings. The summed E-state index contributed by atoms with van der Waals surface area (Å²) in [7, 11) is 0. The van der Waals surface area contributed by atoms with Crippen molar-refractivity contribution >= 4 is 11.7 Å². The SMILES string of the molecule is C/C(CCCCOCc1ccccc1)=N\NC(N)=O. The third-order valence-electron chi connectivity index (χ3n) is 2.55. The molecule has 0 spiro atoms. The molecule has 0 heterocycles. The van der Waals surface area contributed by atoms with E-state index in [2.05, 4.69) is 10.5 Å². The van der Waals surface area contributed by atoms with E-state index in [4.69, 9.17) is 10.5 Å². The van der Waals surface area contributed by atoms with Gasteiger partial charge in [0.05, 0.1) is 6.61 Å². The second-order valence-electron chi connectivity index (χ2n) is 4.32. The van der Waals surface area contributed by atoms with Crippen LogP contribution in [-0.4, -0.2) is 18.3 Å². The Hall–Kier alpha value is -1.88. The van der Waals surface area contributed by atoms with Gasteiger partial charge in [-0.2, -0.15) is 5.10 Å². The summed E-state index contributed by atoms with van der Waals surface area (Å²) in [4.78, 5) is 10.4. The zero-order chi connectivity index (χ0) is 13.9. The van der Waals surface area contributed by atoms with Gasteiger partial charge in [-0.05, 0) is 31.7 Å². The summed E-state index contributed by atoms with van der Waals surface area (Å²) in [6, 6.07) is 9.46. The molecule has 0 saturated carbocycles. The van der Waals surface area contributed by atoms with Crippen LogP contribution in [-0.2, 0) is 11.3 Å². The van der Waals surface area contributed by atoms with Gasteiger partial charge in [-0.15, -0.1) is 0 Å². The summed E-state index contributed by atoms with van der Waals surface area (Å²) in [5.74, 6) is 0. The Morgan fingerprint density at radius 3 is 2.74 bits per heavy atom. The van der Waals surface area contributed by atoms with Gasteiger partial charge in [0.25, 0.3) is 0 Å². The van der Waals surface area contributed by atoms with Gasteiger partial charge in [0.2, 0.25) is 0 Å². The minimum atomic E-state index is -0.634. The highest BCUT2D eigenvalue weighted by Gasteiger charge is 1.96. The predicted octanol–water partition coefficient (Wildman–Crippen LogP) is 2.42. The quantitative estimate of drug-likeness (QED) is 0.429. The van der Waals surface area contributed by atoms with Crippen molar-refractivity contribution in [2.24, 2.45) is 10.8 Å². The number of benzene rings is 1. The summed E-state index contributed by atoms with van der Waals surface area (Å²) in [5, 5.41) is 3.84. The molecule has 0 aliphatic carbocycles. The second kappa shape index (κ2) is 9.10. The number of amides is 2. The summed E-state index contributed by atoms with van der Waals surface area (Å²) >= 11 is 0. The van der Waals surface area contributed by atoms with E-state index in [1.165, 1.54) is 5.56 Å². The molecule has 1 rings (SSSR count). The van der Waals surface area contributed by atoms with E-state index in [-0.39, 0.29) is 0 Å². The van der Waals surface area contributed by atoms with Crippen molar-refractivity contribution in [3.8, 4) is 0 Å². The Kier molecular flexibility index (Phi) is 7.27. The molecule has 0 aliphatic heterocycles. The fourth-order valence-corrected chi connectivity index (χ4v) is 1.56. The molecule has 5 heteroatoms. The van der Waals surface area contributed by atoms with E-state index in [0.29, 0.717) is 6.61 Å². The molecular formula is C14H21N3O2. The van der Waals surface area contributed by atoms with Crippen LogP contribution in [0.2, 0.25) is 0 Å². The number of rotatable bonds is 8. The first-order valence-corrected chi connectivity index (χ1v) is 6.39. The molecular weight excluding hydrogens is 242 g/mol. The molecule has 3 N–H and O–H groups in total. The standard InChI is InChI=1S/C14H21N3O2/c1-12(16-17-14(15)18)7-5-6-10-19-11-13-8-3-2-4-9-13/h2-4,8-9H,5-7,10-11H2,1H3,(H3,15,17,18)/b16-12+. The molecule has 0 aromatic heterocycles. The van der Waals surface area contributed by atoms with E-state index in [9.17, 15) is 4.79 Å². The average molecular weight is 263 g/mol. The Labute approximate surface area is 113 Å². The van der Waals surface area contributed by atoms with Crippen LogP contribution in [0.4, 0.5) is 4.79 Å². The zero-order valence-corrected chi connectivity index (χ0v) is 11.3. The van der Waals surface area contributed by atoms with Gasteiger partial charge in [0, 0.05) is 12.3 Å². The molecule has 0 bridgehead atoms. The number of nitrogens with zero attached hydrogens (tertiary/aromatic N) is 1. The maximum atomic E-state index is 10.4. The van der Waals surface area contributed by atoms with E-state index in [1.54, 1.807) is 0 Å². The van der Waals surface area contributed by atoms with Crippen LogP contribution in [0.1, 0.15) is 31.7 Å². The second-order valence-corrected chi connectivity index (χ2v) is 4.32. The third kappa shape index (κ3) is 7.94. The normalized spacial score (nSPS) is 11.3. The van der Waals surface area contributed by atoms with Crippen molar-refractivity contribution in [2.75, 3.05) is 6.61 Å². The Bertz CT molecular complexity index is 404. The van der Waals surface area contributed by atoms with Gasteiger partial charge in [-0.3, -0.25) is 0 Å². The number of hydrazone groups is 1. The maximum absolute atomic E-state index is 10.4. The molecule has 5 nitrogen and oxygen atoms in total. The van der Waals surface area contributed by atoms with E-state index in [1.807, 2.05) is 37.3 Å². The summed E-state index contributed by atoms with van der Waals surface area (Å²) < 4.78 is 5.57. The zero-order valence-electron chi connectivity index (χ0n) is 11.3. The molecule has 0 saturated heterocycles. The third-order valence-corrected chi connectivity index (χ3v) is 2.55. The molecule has 0 aliphatic rings. The molecule has 19 heavy (non-hydrogen) atoms. The fraction of sp³-hybridized carbons (Fsp3) is 0.429. The Morgan fingerprint density at radius 2 is 2.05 bits per heavy atom. The molecule has 1 aromatic rings. The van der Waals surface area contributed by atoms with E-state index in [0.717, 1.165) is 31.6 Å². The first-order valence-electron chi connectivity index (χ1n) is 6.39. The number of hydrogen-bond donors (Lipinski definition) is 2. The smallest absolute Gasteiger partial charge is 0.332 e. The minimum absolute atomic E-state index is 0.634. The number of ether oxygens (including phenoxy) is 1. The Balaban J connectivity index is 2.02. The van der Waals surface area contributed by atoms with Crippen LogP contribution in [0.25, 0.3) is 0 Å². The molecule has 0 atom stereocenters. The number of nitrogens with one attached hydrogen (secondary N) is 1. The molecule has 0 radical (unpaired) electrons. The molecule has 2 amide bonds. The number of primary amides is 1. The number of carbonyl (C=O) groups is 1. The van der Waals surface area contributed by atoms with Crippen LogP contribution in [0.15, 0.2) is 35.4 Å². The van der Waals surface area contributed by atoms with Crippen molar-refractivity contribution in [3.63, 3.8) is 0 Å². The topological polar surface area (TPSA) is 76.7 Å². The lowest BCUT2D eigenvalue weighted by atomic mass is 10.2. The van der Waals surface area contributed by atoms with Gasteiger partial charge >= 0.3 is 6.03 Å². The van der Waals surface area contributed by atoms with Crippen LogP contribution in [0.5, 0.6) is 0 Å². The van der Waals surface area contributed by atoms with Crippen LogP contribution in [0, 0.1) is 0 Å². The van der Waals surface area contributed by atoms with Crippen LogP contribution >= 0.6 is 0 Å². The van der Waals surface area contributed by atoms with Gasteiger partial charge in [-0.25, -0.2) is 10.2 Å². The van der Waals surface area contributed by atoms with E-state index < -0.39 is 6.03 Å². The van der Waals surface area contributed by atoms with Gasteiger partial charge < -0.3 is 10.5 Å². The lowest BCUT2D eigenvalue weighted by Crippen LogP contribution is -2.25. The number of nitrogens with two attached hydrogens (primary N) is 1. The van der Waals surface area contributed by atoms with Gasteiger partial charge in [0.15, 0.2) is 0 Å². The van der Waals surface area contributed by atoms with Crippen molar-refractivity contribution in [3.05, 3.63) is 35.9 Å². The fourth-order valence-electron chi connectivity index (χ4n) is 1.56. The highest BCUT2D eigenvalue weighted by Crippen LogP contribution is 2.03. The number of carbonyl (C=O) groups excluding carboxylic acids is 1. The summed E-state index contributed by atoms with van der Waals surface area (Å²) in [6.07, 6.45) is 2.77. The van der Waals surface area contributed by atoms with Gasteiger partial charge in [-0.1, -0.05) is 30.3 Å². The lowest BCUT2D eigenvalue weighted by Gasteiger charge is -2.04. The van der Waals surface area contributed by atoms with Crippen molar-refractivity contribution in [1.29, 1.82) is 0 Å². The van der Waals surface area contributed by atoms with Crippen molar-refractivity contribution in [2.45, 2.75) is 32.8 Å². The van der Waals surface area contributed by atoms with Crippen molar-refractivity contribution < 1.29 is 9.53 Å². The van der Waals surface area contributed by atoms with Crippen molar-refractivity contribution in [1.82, 2.24) is 5.43 Å². The Morgan fingerprint density at radius 1 is 1.32 bits per heavy atom. The van der Waals surface area contributed by atoms with Gasteiger partial charge in [0.1, 0.15) is 0 Å². The highest BCUT2D eigenvalue weighted by molar-refractivity contribution is 5.83. The van der Waals surface area contributed by atoms with E-state index >= 15 is 0 Å². The largest absolute Gasteiger partial charge is 0.377 e. The first kappa shape index (κ1) is 15.2. The maximum Gasteiger partial charge on any atom is 0.332 e. The molecule has 0 unspecified atom stereocenters. The van der Waals surface area contributed by atoms with Crippen LogP contribution < -0.4 is 11.2 Å². The highest BCUT2D eigenvalue weighted by atomic mass is 16.5. The molecule has 104 valence electrons. The summed E-state index contributed by atoms with van der Waals surface area (Å²) in [5.41, 5.74) is 9.18.